The van der Waals surface area contributed by atoms with E-state index in [1.54, 1.807) is 0 Å². The van der Waals surface area contributed by atoms with Crippen LogP contribution in [0.3, 0.4) is 0 Å². The lowest BCUT2D eigenvalue weighted by Crippen LogP contribution is -2.05. The first kappa shape index (κ1) is 15.1. The molecule has 120 valence electrons. The SMILES string of the molecule is Cc1ccccc1C1=NCC(c2ccc3c(c2)C=CC3C(C)C)=N1. The Kier molecular flexibility index (Phi) is 3.68. The zero-order valence-corrected chi connectivity index (χ0v) is 14.5. The highest BCUT2D eigenvalue weighted by molar-refractivity contribution is 6.17. The number of hydrogen-bond acceptors (Lipinski definition) is 2. The number of aliphatic imine (C=N–C) groups is 2. The lowest BCUT2D eigenvalue weighted by Gasteiger charge is -2.15. The van der Waals surface area contributed by atoms with Crippen LogP contribution in [0.5, 0.6) is 0 Å². The summed E-state index contributed by atoms with van der Waals surface area (Å²) in [4.78, 5) is 9.47. The first-order chi connectivity index (χ1) is 11.6. The molecular weight excluding hydrogens is 292 g/mol. The van der Waals surface area contributed by atoms with Gasteiger partial charge in [-0.05, 0) is 41.2 Å². The monoisotopic (exact) mass is 314 g/mol. The highest BCUT2D eigenvalue weighted by Gasteiger charge is 2.22. The van der Waals surface area contributed by atoms with Crippen molar-refractivity contribution in [3.05, 3.63) is 76.4 Å². The molecule has 0 saturated carbocycles. The van der Waals surface area contributed by atoms with Crippen LogP contribution in [0.1, 0.15) is 47.6 Å². The van der Waals surface area contributed by atoms with E-state index < -0.39 is 0 Å². The van der Waals surface area contributed by atoms with Gasteiger partial charge in [0.2, 0.25) is 0 Å². The second kappa shape index (κ2) is 5.86. The first-order valence-electron chi connectivity index (χ1n) is 8.64. The van der Waals surface area contributed by atoms with Crippen molar-refractivity contribution in [2.45, 2.75) is 26.7 Å². The summed E-state index contributed by atoms with van der Waals surface area (Å²) >= 11 is 0. The largest absolute Gasteiger partial charge is 0.260 e. The molecule has 2 aromatic rings. The van der Waals surface area contributed by atoms with Crippen LogP contribution in [0.4, 0.5) is 0 Å². The van der Waals surface area contributed by atoms with E-state index in [9.17, 15) is 0 Å². The van der Waals surface area contributed by atoms with E-state index >= 15 is 0 Å². The molecule has 1 aliphatic heterocycles. The van der Waals surface area contributed by atoms with Gasteiger partial charge in [0.05, 0.1) is 12.3 Å². The molecule has 0 fully saturated rings. The third-order valence-electron chi connectivity index (χ3n) is 4.99. The quantitative estimate of drug-likeness (QED) is 0.761. The summed E-state index contributed by atoms with van der Waals surface area (Å²) in [6.07, 6.45) is 4.58. The van der Waals surface area contributed by atoms with Crippen molar-refractivity contribution in [2.24, 2.45) is 15.9 Å². The van der Waals surface area contributed by atoms with Crippen molar-refractivity contribution < 1.29 is 0 Å². The Morgan fingerprint density at radius 2 is 1.92 bits per heavy atom. The predicted molar refractivity (Wildman–Crippen MR) is 102 cm³/mol. The molecule has 1 atom stereocenters. The van der Waals surface area contributed by atoms with Gasteiger partial charge < -0.3 is 0 Å². The van der Waals surface area contributed by atoms with E-state index in [0.29, 0.717) is 18.4 Å². The number of rotatable bonds is 3. The summed E-state index contributed by atoms with van der Waals surface area (Å²) in [7, 11) is 0. The maximum atomic E-state index is 4.81. The van der Waals surface area contributed by atoms with Crippen molar-refractivity contribution in [1.82, 2.24) is 0 Å². The summed E-state index contributed by atoms with van der Waals surface area (Å²) in [5.41, 5.74) is 7.38. The number of amidine groups is 1. The van der Waals surface area contributed by atoms with Crippen LogP contribution < -0.4 is 0 Å². The van der Waals surface area contributed by atoms with Crippen LogP contribution in [0.15, 0.2) is 58.5 Å². The molecule has 0 spiro atoms. The maximum Gasteiger partial charge on any atom is 0.155 e. The Labute approximate surface area is 143 Å². The summed E-state index contributed by atoms with van der Waals surface area (Å²) in [5, 5.41) is 0. The summed E-state index contributed by atoms with van der Waals surface area (Å²) < 4.78 is 0. The molecule has 2 aliphatic rings. The van der Waals surface area contributed by atoms with E-state index in [4.69, 9.17) is 4.99 Å². The van der Waals surface area contributed by atoms with Gasteiger partial charge in [-0.2, -0.15) is 0 Å². The van der Waals surface area contributed by atoms with Crippen molar-refractivity contribution in [3.63, 3.8) is 0 Å². The molecule has 1 unspecified atom stereocenters. The maximum absolute atomic E-state index is 4.81. The number of allylic oxidation sites excluding steroid dienone is 1. The van der Waals surface area contributed by atoms with Gasteiger partial charge in [0.1, 0.15) is 0 Å². The molecule has 0 bridgehead atoms. The van der Waals surface area contributed by atoms with E-state index in [2.05, 4.69) is 74.3 Å². The molecule has 24 heavy (non-hydrogen) atoms. The fraction of sp³-hybridized carbons (Fsp3) is 0.273. The van der Waals surface area contributed by atoms with Gasteiger partial charge in [-0.3, -0.25) is 4.99 Å². The molecule has 1 aliphatic carbocycles. The normalized spacial score (nSPS) is 18.8. The molecule has 0 aromatic heterocycles. The lowest BCUT2D eigenvalue weighted by atomic mass is 9.89. The molecular formula is C22H22N2. The fourth-order valence-corrected chi connectivity index (χ4v) is 3.57. The molecule has 4 rings (SSSR count). The van der Waals surface area contributed by atoms with Crippen LogP contribution in [0.25, 0.3) is 6.08 Å². The smallest absolute Gasteiger partial charge is 0.155 e. The van der Waals surface area contributed by atoms with E-state index in [1.165, 1.54) is 22.3 Å². The van der Waals surface area contributed by atoms with Crippen LogP contribution >= 0.6 is 0 Å². The van der Waals surface area contributed by atoms with Crippen LogP contribution in [-0.4, -0.2) is 18.1 Å². The Morgan fingerprint density at radius 1 is 1.08 bits per heavy atom. The molecule has 0 radical (unpaired) electrons. The average molecular weight is 314 g/mol. The van der Waals surface area contributed by atoms with E-state index in [-0.39, 0.29) is 0 Å². The summed E-state index contributed by atoms with van der Waals surface area (Å²) in [6.45, 7) is 7.33. The predicted octanol–water partition coefficient (Wildman–Crippen LogP) is 5.01. The van der Waals surface area contributed by atoms with Crippen molar-refractivity contribution in [3.8, 4) is 0 Å². The molecule has 2 nitrogen and oxygen atoms in total. The van der Waals surface area contributed by atoms with Gasteiger partial charge in [0.15, 0.2) is 5.84 Å². The van der Waals surface area contributed by atoms with Gasteiger partial charge in [-0.1, -0.05) is 62.4 Å². The Hall–Kier alpha value is -2.48. The zero-order valence-electron chi connectivity index (χ0n) is 14.5. The minimum Gasteiger partial charge on any atom is -0.260 e. The Balaban J connectivity index is 1.64. The fourth-order valence-electron chi connectivity index (χ4n) is 3.57. The van der Waals surface area contributed by atoms with Crippen LogP contribution in [0.2, 0.25) is 0 Å². The van der Waals surface area contributed by atoms with Gasteiger partial charge in [-0.25, -0.2) is 4.99 Å². The summed E-state index contributed by atoms with van der Waals surface area (Å²) in [5.74, 6) is 2.03. The number of benzene rings is 2. The van der Waals surface area contributed by atoms with Gasteiger partial charge >= 0.3 is 0 Å². The molecule has 0 N–H and O–H groups in total. The molecule has 0 amide bonds. The van der Waals surface area contributed by atoms with Gasteiger partial charge in [0.25, 0.3) is 0 Å². The third-order valence-corrected chi connectivity index (χ3v) is 4.99. The Bertz CT molecular complexity index is 885. The lowest BCUT2D eigenvalue weighted by molar-refractivity contribution is 0.584. The van der Waals surface area contributed by atoms with Crippen molar-refractivity contribution in [1.29, 1.82) is 0 Å². The molecule has 2 heteroatoms. The van der Waals surface area contributed by atoms with Crippen LogP contribution in [-0.2, 0) is 0 Å². The minimum atomic E-state index is 0.540. The number of nitrogens with zero attached hydrogens (tertiary/aromatic N) is 2. The topological polar surface area (TPSA) is 24.7 Å². The zero-order chi connectivity index (χ0) is 16.7. The second-order valence-electron chi connectivity index (χ2n) is 6.99. The number of fused-ring (bicyclic) bond motifs is 1. The number of hydrogen-bond donors (Lipinski definition) is 0. The van der Waals surface area contributed by atoms with E-state index in [0.717, 1.165) is 17.1 Å². The highest BCUT2D eigenvalue weighted by atomic mass is 15.0. The minimum absolute atomic E-state index is 0.540. The molecule has 0 saturated heterocycles. The standard InChI is InChI=1S/C22H22N2/c1-14(2)18-10-8-16-12-17(9-11-20(16)18)21-13-23-22(24-21)19-7-5-4-6-15(19)3/h4-12,14,18H,13H2,1-3H3. The van der Waals surface area contributed by atoms with Gasteiger partial charge in [0, 0.05) is 11.5 Å². The van der Waals surface area contributed by atoms with Crippen molar-refractivity contribution in [2.75, 3.05) is 6.54 Å². The summed E-state index contributed by atoms with van der Waals surface area (Å²) in [6, 6.07) is 15.0. The number of aryl methyl sites for hydroxylation is 1. The third kappa shape index (κ3) is 2.52. The first-order valence-corrected chi connectivity index (χ1v) is 8.64. The highest BCUT2D eigenvalue weighted by Crippen LogP contribution is 2.36. The van der Waals surface area contributed by atoms with E-state index in [1.807, 2.05) is 6.07 Å². The average Bonchev–Trinajstić information content (AvgIpc) is 3.21. The van der Waals surface area contributed by atoms with Gasteiger partial charge in [-0.15, -0.1) is 0 Å². The Morgan fingerprint density at radius 3 is 2.71 bits per heavy atom. The van der Waals surface area contributed by atoms with Crippen molar-refractivity contribution >= 4 is 17.6 Å². The molecule has 2 aromatic carbocycles. The second-order valence-corrected chi connectivity index (χ2v) is 6.99. The van der Waals surface area contributed by atoms with Crippen LogP contribution in [0, 0.1) is 12.8 Å². The molecule has 1 heterocycles.